The third-order valence-electron chi connectivity index (χ3n) is 4.83. The number of aromatic nitrogens is 3. The molecule has 3 rings (SSSR count). The number of benzene rings is 1. The normalized spacial score (nSPS) is 18.5. The molecule has 1 aliphatic heterocycles. The standard InChI is InChI=1S/C20H28N4/c1-4-10-17-11-6-5-9-14-24(19-13-8-7-12-18(17)19)20-22-15(2)21-16(3)23-20/h7-8,12-13,17H,4-6,9-11,14H2,1-3H3. The maximum absolute atomic E-state index is 4.63. The Labute approximate surface area is 145 Å². The highest BCUT2D eigenvalue weighted by Crippen LogP contribution is 2.37. The molecule has 0 radical (unpaired) electrons. The fourth-order valence-electron chi connectivity index (χ4n) is 3.77. The summed E-state index contributed by atoms with van der Waals surface area (Å²) in [4.78, 5) is 15.9. The summed E-state index contributed by atoms with van der Waals surface area (Å²) in [6.45, 7) is 7.14. The van der Waals surface area contributed by atoms with Crippen molar-refractivity contribution < 1.29 is 0 Å². The van der Waals surface area contributed by atoms with Crippen LogP contribution in [0.3, 0.4) is 0 Å². The molecular formula is C20H28N4. The molecular weight excluding hydrogens is 296 g/mol. The van der Waals surface area contributed by atoms with E-state index >= 15 is 0 Å². The smallest absolute Gasteiger partial charge is 0.233 e. The first-order valence-corrected chi connectivity index (χ1v) is 9.24. The van der Waals surface area contributed by atoms with Crippen LogP contribution in [0.1, 0.15) is 68.6 Å². The lowest BCUT2D eigenvalue weighted by atomic mass is 9.88. The van der Waals surface area contributed by atoms with Gasteiger partial charge in [0.05, 0.1) is 0 Å². The molecule has 2 heterocycles. The van der Waals surface area contributed by atoms with E-state index in [1.807, 2.05) is 13.8 Å². The zero-order valence-corrected chi connectivity index (χ0v) is 15.1. The van der Waals surface area contributed by atoms with Gasteiger partial charge in [0.25, 0.3) is 0 Å². The van der Waals surface area contributed by atoms with Gasteiger partial charge in [0, 0.05) is 12.2 Å². The summed E-state index contributed by atoms with van der Waals surface area (Å²) in [6, 6.07) is 8.84. The fourth-order valence-corrected chi connectivity index (χ4v) is 3.77. The number of fused-ring (bicyclic) bond motifs is 1. The zero-order chi connectivity index (χ0) is 16.9. The summed E-state index contributed by atoms with van der Waals surface area (Å²) in [5.74, 6) is 3.01. The van der Waals surface area contributed by atoms with Gasteiger partial charge in [0.2, 0.25) is 5.95 Å². The Kier molecular flexibility index (Phi) is 5.44. The third-order valence-corrected chi connectivity index (χ3v) is 4.83. The van der Waals surface area contributed by atoms with Crippen molar-refractivity contribution in [2.75, 3.05) is 11.4 Å². The SMILES string of the molecule is CCCC1CCCCCN(c2nc(C)nc(C)n2)c2ccccc21. The highest BCUT2D eigenvalue weighted by Gasteiger charge is 2.22. The highest BCUT2D eigenvalue weighted by atomic mass is 15.3. The molecule has 0 N–H and O–H groups in total. The molecule has 4 nitrogen and oxygen atoms in total. The van der Waals surface area contributed by atoms with E-state index in [-0.39, 0.29) is 0 Å². The lowest BCUT2D eigenvalue weighted by Crippen LogP contribution is -2.23. The Morgan fingerprint density at radius 1 is 1.00 bits per heavy atom. The third kappa shape index (κ3) is 3.74. The van der Waals surface area contributed by atoms with Crippen LogP contribution >= 0.6 is 0 Å². The average Bonchev–Trinajstić information content (AvgIpc) is 2.64. The Bertz CT molecular complexity index is 663. The van der Waals surface area contributed by atoms with E-state index in [9.17, 15) is 0 Å². The van der Waals surface area contributed by atoms with E-state index in [4.69, 9.17) is 0 Å². The second kappa shape index (κ2) is 7.73. The van der Waals surface area contributed by atoms with Crippen molar-refractivity contribution in [2.24, 2.45) is 0 Å². The van der Waals surface area contributed by atoms with Crippen molar-refractivity contribution in [1.82, 2.24) is 15.0 Å². The first-order chi connectivity index (χ1) is 11.7. The van der Waals surface area contributed by atoms with Gasteiger partial charge in [-0.05, 0) is 50.7 Å². The van der Waals surface area contributed by atoms with Crippen molar-refractivity contribution >= 4 is 11.6 Å². The Morgan fingerprint density at radius 3 is 2.50 bits per heavy atom. The molecule has 1 aromatic carbocycles. The van der Waals surface area contributed by atoms with Crippen molar-refractivity contribution in [1.29, 1.82) is 0 Å². The summed E-state index contributed by atoms with van der Waals surface area (Å²) in [5.41, 5.74) is 2.74. The molecule has 0 bridgehead atoms. The zero-order valence-electron chi connectivity index (χ0n) is 15.1. The van der Waals surface area contributed by atoms with E-state index in [2.05, 4.69) is 51.0 Å². The molecule has 128 valence electrons. The van der Waals surface area contributed by atoms with Crippen LogP contribution in [0.15, 0.2) is 24.3 Å². The van der Waals surface area contributed by atoms with Gasteiger partial charge in [0.15, 0.2) is 0 Å². The van der Waals surface area contributed by atoms with Crippen molar-refractivity contribution in [3.8, 4) is 0 Å². The summed E-state index contributed by atoms with van der Waals surface area (Å²) >= 11 is 0. The lowest BCUT2D eigenvalue weighted by Gasteiger charge is -2.27. The molecule has 0 fully saturated rings. The number of aryl methyl sites for hydroxylation is 2. The second-order valence-electron chi connectivity index (χ2n) is 6.78. The molecule has 1 unspecified atom stereocenters. The Morgan fingerprint density at radius 2 is 1.75 bits per heavy atom. The van der Waals surface area contributed by atoms with E-state index in [0.717, 1.165) is 24.1 Å². The van der Waals surface area contributed by atoms with E-state index < -0.39 is 0 Å². The Hall–Kier alpha value is -1.97. The first-order valence-electron chi connectivity index (χ1n) is 9.24. The number of hydrogen-bond donors (Lipinski definition) is 0. The maximum Gasteiger partial charge on any atom is 0.233 e. The maximum atomic E-state index is 4.63. The average molecular weight is 324 g/mol. The van der Waals surface area contributed by atoms with Gasteiger partial charge in [-0.1, -0.05) is 44.4 Å². The molecule has 0 spiro atoms. The monoisotopic (exact) mass is 324 g/mol. The molecule has 24 heavy (non-hydrogen) atoms. The number of nitrogens with zero attached hydrogens (tertiary/aromatic N) is 4. The van der Waals surface area contributed by atoms with Crippen LogP contribution < -0.4 is 4.90 Å². The van der Waals surface area contributed by atoms with Gasteiger partial charge in [-0.3, -0.25) is 0 Å². The van der Waals surface area contributed by atoms with E-state index in [1.165, 1.54) is 49.8 Å². The van der Waals surface area contributed by atoms with Crippen LogP contribution in [0, 0.1) is 13.8 Å². The highest BCUT2D eigenvalue weighted by molar-refractivity contribution is 5.63. The summed E-state index contributed by atoms with van der Waals surface area (Å²) in [5, 5.41) is 0. The molecule has 2 aromatic rings. The van der Waals surface area contributed by atoms with E-state index in [0.29, 0.717) is 5.92 Å². The van der Waals surface area contributed by atoms with Crippen LogP contribution in [0.25, 0.3) is 0 Å². The fraction of sp³-hybridized carbons (Fsp3) is 0.550. The van der Waals surface area contributed by atoms with Crippen LogP contribution in [-0.2, 0) is 0 Å². The van der Waals surface area contributed by atoms with Gasteiger partial charge < -0.3 is 4.90 Å². The van der Waals surface area contributed by atoms with Crippen LogP contribution in [0.4, 0.5) is 11.6 Å². The second-order valence-corrected chi connectivity index (χ2v) is 6.78. The molecule has 1 aromatic heterocycles. The lowest BCUT2D eigenvalue weighted by molar-refractivity contribution is 0.532. The van der Waals surface area contributed by atoms with E-state index in [1.54, 1.807) is 0 Å². The molecule has 4 heteroatoms. The Balaban J connectivity index is 2.08. The van der Waals surface area contributed by atoms with Crippen molar-refractivity contribution in [2.45, 2.75) is 65.2 Å². The van der Waals surface area contributed by atoms with Crippen molar-refractivity contribution in [3.63, 3.8) is 0 Å². The van der Waals surface area contributed by atoms with Gasteiger partial charge in [0.1, 0.15) is 11.6 Å². The van der Waals surface area contributed by atoms with Gasteiger partial charge >= 0.3 is 0 Å². The molecule has 1 aliphatic rings. The number of hydrogen-bond acceptors (Lipinski definition) is 4. The summed E-state index contributed by atoms with van der Waals surface area (Å²) < 4.78 is 0. The van der Waals surface area contributed by atoms with Crippen LogP contribution in [-0.4, -0.2) is 21.5 Å². The minimum Gasteiger partial charge on any atom is -0.310 e. The number of rotatable bonds is 3. The minimum absolute atomic E-state index is 0.635. The molecule has 0 aliphatic carbocycles. The van der Waals surface area contributed by atoms with Gasteiger partial charge in [-0.15, -0.1) is 0 Å². The minimum atomic E-state index is 0.635. The topological polar surface area (TPSA) is 41.9 Å². The molecule has 0 amide bonds. The summed E-state index contributed by atoms with van der Waals surface area (Å²) in [6.07, 6.45) is 7.52. The van der Waals surface area contributed by atoms with Crippen LogP contribution in [0.2, 0.25) is 0 Å². The predicted octanol–water partition coefficient (Wildman–Crippen LogP) is 5.08. The van der Waals surface area contributed by atoms with Crippen LogP contribution in [0.5, 0.6) is 0 Å². The quantitative estimate of drug-likeness (QED) is 0.789. The first kappa shape index (κ1) is 16.9. The van der Waals surface area contributed by atoms with Crippen molar-refractivity contribution in [3.05, 3.63) is 41.5 Å². The number of para-hydroxylation sites is 1. The van der Waals surface area contributed by atoms with Gasteiger partial charge in [-0.25, -0.2) is 4.98 Å². The number of anilines is 2. The largest absolute Gasteiger partial charge is 0.310 e. The van der Waals surface area contributed by atoms with Gasteiger partial charge in [-0.2, -0.15) is 9.97 Å². The molecule has 0 saturated heterocycles. The predicted molar refractivity (Wildman–Crippen MR) is 98.9 cm³/mol. The molecule has 0 saturated carbocycles. The summed E-state index contributed by atoms with van der Waals surface area (Å²) in [7, 11) is 0. The molecule has 1 atom stereocenters.